The lowest BCUT2D eigenvalue weighted by Crippen LogP contribution is -2.17. The highest BCUT2D eigenvalue weighted by atomic mass is 16.1. The first-order valence-corrected chi connectivity index (χ1v) is 3.14. The zero-order valence-electron chi connectivity index (χ0n) is 6.02. The fourth-order valence-electron chi connectivity index (χ4n) is 0.530. The summed E-state index contributed by atoms with van der Waals surface area (Å²) >= 11 is 0. The standard InChI is InChI=1S/C7H11NO2/c1-3-4-7(10)6(2)8-5-9/h5H,2-4H2,1H3,(H,8,9). The van der Waals surface area contributed by atoms with Crippen LogP contribution >= 0.6 is 0 Å². The van der Waals surface area contributed by atoms with Gasteiger partial charge in [0.25, 0.3) is 0 Å². The molecule has 0 aromatic carbocycles. The Bertz CT molecular complexity index is 152. The molecule has 0 aliphatic heterocycles. The number of nitrogens with one attached hydrogen (secondary N) is 1. The smallest absolute Gasteiger partial charge is 0.211 e. The fraction of sp³-hybridized carbons (Fsp3) is 0.429. The van der Waals surface area contributed by atoms with Gasteiger partial charge in [-0.1, -0.05) is 13.5 Å². The van der Waals surface area contributed by atoms with Crippen LogP contribution in [0.4, 0.5) is 0 Å². The molecule has 0 aromatic rings. The van der Waals surface area contributed by atoms with Crippen molar-refractivity contribution >= 4 is 12.2 Å². The van der Waals surface area contributed by atoms with Crippen LogP contribution in [0.2, 0.25) is 0 Å². The van der Waals surface area contributed by atoms with E-state index in [0.717, 1.165) is 6.42 Å². The number of carbonyl (C=O) groups excluding carboxylic acids is 2. The second kappa shape index (κ2) is 4.73. The molecule has 0 atom stereocenters. The van der Waals surface area contributed by atoms with Crippen molar-refractivity contribution in [3.8, 4) is 0 Å². The molecule has 0 radical (unpaired) electrons. The van der Waals surface area contributed by atoms with E-state index in [1.165, 1.54) is 0 Å². The molecule has 0 rings (SSSR count). The third-order valence-corrected chi connectivity index (χ3v) is 1.05. The maximum atomic E-state index is 10.8. The van der Waals surface area contributed by atoms with Crippen LogP contribution in [0.3, 0.4) is 0 Å². The molecular weight excluding hydrogens is 130 g/mol. The molecule has 0 bridgehead atoms. The molecule has 0 aliphatic rings. The quantitative estimate of drug-likeness (QED) is 0.450. The second-order valence-electron chi connectivity index (χ2n) is 1.91. The number of hydrogen-bond acceptors (Lipinski definition) is 2. The van der Waals surface area contributed by atoms with E-state index in [2.05, 4.69) is 11.9 Å². The minimum absolute atomic E-state index is 0.102. The van der Waals surface area contributed by atoms with E-state index < -0.39 is 0 Å². The average Bonchev–Trinajstić information content (AvgIpc) is 1.89. The summed E-state index contributed by atoms with van der Waals surface area (Å²) in [5, 5.41) is 2.21. The molecule has 0 unspecified atom stereocenters. The zero-order valence-corrected chi connectivity index (χ0v) is 6.02. The van der Waals surface area contributed by atoms with E-state index in [9.17, 15) is 9.59 Å². The number of amides is 1. The molecule has 1 N–H and O–H groups in total. The summed E-state index contributed by atoms with van der Waals surface area (Å²) in [4.78, 5) is 20.6. The lowest BCUT2D eigenvalue weighted by molar-refractivity contribution is -0.117. The number of hydrogen-bond donors (Lipinski definition) is 1. The van der Waals surface area contributed by atoms with Gasteiger partial charge in [0.1, 0.15) is 0 Å². The third kappa shape index (κ3) is 3.02. The van der Waals surface area contributed by atoms with E-state index in [1.807, 2.05) is 6.92 Å². The molecule has 1 amide bonds. The van der Waals surface area contributed by atoms with Crippen LogP contribution in [0.5, 0.6) is 0 Å². The van der Waals surface area contributed by atoms with Crippen molar-refractivity contribution < 1.29 is 9.59 Å². The zero-order chi connectivity index (χ0) is 7.98. The Labute approximate surface area is 60.1 Å². The van der Waals surface area contributed by atoms with E-state index in [4.69, 9.17) is 0 Å². The van der Waals surface area contributed by atoms with Gasteiger partial charge in [-0.3, -0.25) is 9.59 Å². The highest BCUT2D eigenvalue weighted by molar-refractivity contribution is 5.95. The van der Waals surface area contributed by atoms with E-state index in [1.54, 1.807) is 0 Å². The van der Waals surface area contributed by atoms with Gasteiger partial charge in [0.15, 0.2) is 5.78 Å². The molecule has 3 nitrogen and oxygen atoms in total. The molecule has 0 saturated heterocycles. The van der Waals surface area contributed by atoms with Gasteiger partial charge in [0.2, 0.25) is 6.41 Å². The lowest BCUT2D eigenvalue weighted by Gasteiger charge is -1.98. The minimum atomic E-state index is -0.102. The summed E-state index contributed by atoms with van der Waals surface area (Å²) in [6, 6.07) is 0. The SMILES string of the molecule is C=C(NC=O)C(=O)CCC. The fourth-order valence-corrected chi connectivity index (χ4v) is 0.530. The topological polar surface area (TPSA) is 46.2 Å². The summed E-state index contributed by atoms with van der Waals surface area (Å²) < 4.78 is 0. The average molecular weight is 141 g/mol. The van der Waals surface area contributed by atoms with Gasteiger partial charge >= 0.3 is 0 Å². The Morgan fingerprint density at radius 3 is 2.70 bits per heavy atom. The number of allylic oxidation sites excluding steroid dienone is 1. The van der Waals surface area contributed by atoms with Gasteiger partial charge in [0.05, 0.1) is 5.70 Å². The Balaban J connectivity index is 3.70. The number of Topliss-reactive ketones (excluding diaryl/α,β-unsaturated/α-hetero) is 1. The molecule has 0 fully saturated rings. The van der Waals surface area contributed by atoms with Crippen molar-refractivity contribution in [1.29, 1.82) is 0 Å². The number of ketones is 1. The van der Waals surface area contributed by atoms with Gasteiger partial charge in [-0.15, -0.1) is 0 Å². The molecule has 3 heteroatoms. The molecule has 0 heterocycles. The van der Waals surface area contributed by atoms with Crippen molar-refractivity contribution in [2.24, 2.45) is 0 Å². The molecule has 56 valence electrons. The van der Waals surface area contributed by atoms with Crippen molar-refractivity contribution in [2.75, 3.05) is 0 Å². The largest absolute Gasteiger partial charge is 0.326 e. The molecule has 0 saturated carbocycles. The second-order valence-corrected chi connectivity index (χ2v) is 1.91. The molecule has 0 aliphatic carbocycles. The minimum Gasteiger partial charge on any atom is -0.326 e. The van der Waals surface area contributed by atoms with E-state index in [-0.39, 0.29) is 11.5 Å². The van der Waals surface area contributed by atoms with Crippen molar-refractivity contribution in [1.82, 2.24) is 5.32 Å². The third-order valence-electron chi connectivity index (χ3n) is 1.05. The predicted octanol–water partition coefficient (Wildman–Crippen LogP) is 0.615. The van der Waals surface area contributed by atoms with Gasteiger partial charge in [-0.05, 0) is 6.42 Å². The van der Waals surface area contributed by atoms with Gasteiger partial charge in [0, 0.05) is 6.42 Å². The highest BCUT2D eigenvalue weighted by Gasteiger charge is 2.02. The van der Waals surface area contributed by atoms with Crippen LogP contribution in [0.25, 0.3) is 0 Å². The molecule has 0 aromatic heterocycles. The van der Waals surface area contributed by atoms with Crippen molar-refractivity contribution in [3.63, 3.8) is 0 Å². The van der Waals surface area contributed by atoms with Crippen LogP contribution in [-0.4, -0.2) is 12.2 Å². The maximum absolute atomic E-state index is 10.8. The lowest BCUT2D eigenvalue weighted by atomic mass is 10.2. The Morgan fingerprint density at radius 1 is 1.70 bits per heavy atom. The van der Waals surface area contributed by atoms with Crippen LogP contribution < -0.4 is 5.32 Å². The Morgan fingerprint density at radius 2 is 2.30 bits per heavy atom. The number of carbonyl (C=O) groups is 2. The summed E-state index contributed by atoms with van der Waals surface area (Å²) in [7, 11) is 0. The van der Waals surface area contributed by atoms with Gasteiger partial charge < -0.3 is 5.32 Å². The first-order chi connectivity index (χ1) is 4.72. The van der Waals surface area contributed by atoms with Crippen molar-refractivity contribution in [2.45, 2.75) is 19.8 Å². The molecule has 0 spiro atoms. The molecule has 10 heavy (non-hydrogen) atoms. The van der Waals surface area contributed by atoms with E-state index in [0.29, 0.717) is 12.8 Å². The predicted molar refractivity (Wildman–Crippen MR) is 38.3 cm³/mol. The van der Waals surface area contributed by atoms with Gasteiger partial charge in [-0.2, -0.15) is 0 Å². The monoisotopic (exact) mass is 141 g/mol. The Hall–Kier alpha value is -1.12. The van der Waals surface area contributed by atoms with Gasteiger partial charge in [-0.25, -0.2) is 0 Å². The number of rotatable bonds is 5. The summed E-state index contributed by atoms with van der Waals surface area (Å²) in [6.07, 6.45) is 1.67. The summed E-state index contributed by atoms with van der Waals surface area (Å²) in [5.74, 6) is -0.102. The highest BCUT2D eigenvalue weighted by Crippen LogP contribution is 1.94. The first-order valence-electron chi connectivity index (χ1n) is 3.14. The van der Waals surface area contributed by atoms with E-state index >= 15 is 0 Å². The van der Waals surface area contributed by atoms with Crippen LogP contribution in [-0.2, 0) is 9.59 Å². The van der Waals surface area contributed by atoms with Crippen LogP contribution in [0, 0.1) is 0 Å². The summed E-state index contributed by atoms with van der Waals surface area (Å²) in [6.45, 7) is 5.27. The van der Waals surface area contributed by atoms with Crippen LogP contribution in [0.1, 0.15) is 19.8 Å². The maximum Gasteiger partial charge on any atom is 0.211 e. The summed E-state index contributed by atoms with van der Waals surface area (Å²) in [5.41, 5.74) is 0.178. The first kappa shape index (κ1) is 8.88. The van der Waals surface area contributed by atoms with Crippen molar-refractivity contribution in [3.05, 3.63) is 12.3 Å². The van der Waals surface area contributed by atoms with Crippen LogP contribution in [0.15, 0.2) is 12.3 Å². The normalized spacial score (nSPS) is 8.50. The molecular formula is C7H11NO2. The Kier molecular flexibility index (Phi) is 4.20.